The Labute approximate surface area is 118 Å². The Morgan fingerprint density at radius 2 is 2.30 bits per heavy atom. The second-order valence-electron chi connectivity index (χ2n) is 5.03. The number of nitrogens with zero attached hydrogens (tertiary/aromatic N) is 1. The summed E-state index contributed by atoms with van der Waals surface area (Å²) in [4.78, 5) is 16.3. The van der Waals surface area contributed by atoms with Gasteiger partial charge in [-0.25, -0.2) is 0 Å². The Kier molecular flexibility index (Phi) is 3.37. The summed E-state index contributed by atoms with van der Waals surface area (Å²) in [6, 6.07) is 7.76. The number of aryl methyl sites for hydroxylation is 1. The van der Waals surface area contributed by atoms with E-state index in [2.05, 4.69) is 15.6 Å². The lowest BCUT2D eigenvalue weighted by Gasteiger charge is -2.08. The van der Waals surface area contributed by atoms with Crippen molar-refractivity contribution in [2.75, 3.05) is 11.9 Å². The molecule has 2 aromatic rings. The van der Waals surface area contributed by atoms with Gasteiger partial charge < -0.3 is 10.6 Å². The SMILES string of the molecule is Cc1ccncc1CNC(=O)c1ccc2c(c1)CCN2. The number of carbonyl (C=O) groups excluding carboxylic acids is 1. The number of rotatable bonds is 3. The van der Waals surface area contributed by atoms with Gasteiger partial charge in [0.2, 0.25) is 0 Å². The van der Waals surface area contributed by atoms with E-state index < -0.39 is 0 Å². The van der Waals surface area contributed by atoms with Crippen molar-refractivity contribution in [3.8, 4) is 0 Å². The molecule has 0 radical (unpaired) electrons. The molecule has 1 amide bonds. The van der Waals surface area contributed by atoms with Crippen LogP contribution in [-0.2, 0) is 13.0 Å². The zero-order valence-electron chi connectivity index (χ0n) is 11.4. The van der Waals surface area contributed by atoms with Crippen LogP contribution in [-0.4, -0.2) is 17.4 Å². The maximum Gasteiger partial charge on any atom is 0.251 e. The first-order valence-corrected chi connectivity index (χ1v) is 6.78. The summed E-state index contributed by atoms with van der Waals surface area (Å²) >= 11 is 0. The lowest BCUT2D eigenvalue weighted by atomic mass is 10.1. The maximum atomic E-state index is 12.2. The molecule has 0 aliphatic carbocycles. The van der Waals surface area contributed by atoms with Gasteiger partial charge in [-0.1, -0.05) is 0 Å². The molecule has 0 atom stereocenters. The Morgan fingerprint density at radius 3 is 3.15 bits per heavy atom. The summed E-state index contributed by atoms with van der Waals surface area (Å²) < 4.78 is 0. The first kappa shape index (κ1) is 12.7. The minimum atomic E-state index is -0.0389. The fourth-order valence-corrected chi connectivity index (χ4v) is 2.41. The Bertz CT molecular complexity index is 652. The third-order valence-corrected chi connectivity index (χ3v) is 3.66. The number of carbonyl (C=O) groups is 1. The van der Waals surface area contributed by atoms with E-state index in [1.165, 1.54) is 5.56 Å². The van der Waals surface area contributed by atoms with Crippen molar-refractivity contribution in [3.05, 3.63) is 58.9 Å². The summed E-state index contributed by atoms with van der Waals surface area (Å²) in [7, 11) is 0. The van der Waals surface area contributed by atoms with Crippen molar-refractivity contribution >= 4 is 11.6 Å². The second-order valence-corrected chi connectivity index (χ2v) is 5.03. The molecule has 102 valence electrons. The highest BCUT2D eigenvalue weighted by molar-refractivity contribution is 5.95. The molecule has 0 fully saturated rings. The molecular weight excluding hydrogens is 250 g/mol. The van der Waals surface area contributed by atoms with E-state index in [0.29, 0.717) is 12.1 Å². The van der Waals surface area contributed by atoms with Gasteiger partial charge in [0.15, 0.2) is 0 Å². The number of nitrogens with one attached hydrogen (secondary N) is 2. The molecule has 1 aliphatic rings. The molecule has 0 unspecified atom stereocenters. The maximum absolute atomic E-state index is 12.2. The summed E-state index contributed by atoms with van der Waals surface area (Å²) in [5.74, 6) is -0.0389. The minimum absolute atomic E-state index is 0.0389. The number of benzene rings is 1. The summed E-state index contributed by atoms with van der Waals surface area (Å²) in [5.41, 5.74) is 5.26. The van der Waals surface area contributed by atoms with Gasteiger partial charge in [0.05, 0.1) is 0 Å². The number of aromatic nitrogens is 1. The number of fused-ring (bicyclic) bond motifs is 1. The summed E-state index contributed by atoms with van der Waals surface area (Å²) in [5, 5.41) is 6.24. The molecule has 0 saturated carbocycles. The van der Waals surface area contributed by atoms with Crippen molar-refractivity contribution in [1.29, 1.82) is 0 Å². The average Bonchev–Trinajstić information content (AvgIpc) is 2.93. The van der Waals surface area contributed by atoms with E-state index in [1.54, 1.807) is 12.4 Å². The van der Waals surface area contributed by atoms with Crippen LogP contribution >= 0.6 is 0 Å². The van der Waals surface area contributed by atoms with E-state index in [-0.39, 0.29) is 5.91 Å². The normalized spacial score (nSPS) is 12.7. The van der Waals surface area contributed by atoms with Crippen LogP contribution in [0, 0.1) is 6.92 Å². The molecule has 4 heteroatoms. The average molecular weight is 267 g/mol. The number of anilines is 1. The van der Waals surface area contributed by atoms with Gasteiger partial charge in [-0.05, 0) is 54.3 Å². The number of hydrogen-bond acceptors (Lipinski definition) is 3. The first-order chi connectivity index (χ1) is 9.74. The highest BCUT2D eigenvalue weighted by Crippen LogP contribution is 2.22. The topological polar surface area (TPSA) is 54.0 Å². The van der Waals surface area contributed by atoms with Crippen LogP contribution in [0.25, 0.3) is 0 Å². The second kappa shape index (κ2) is 5.33. The zero-order chi connectivity index (χ0) is 13.9. The number of hydrogen-bond donors (Lipinski definition) is 2. The molecule has 2 heterocycles. The van der Waals surface area contributed by atoms with Crippen LogP contribution < -0.4 is 10.6 Å². The molecule has 0 saturated heterocycles. The molecule has 1 aliphatic heterocycles. The smallest absolute Gasteiger partial charge is 0.251 e. The number of amides is 1. The van der Waals surface area contributed by atoms with Crippen LogP contribution in [0.2, 0.25) is 0 Å². The molecule has 0 bridgehead atoms. The molecule has 20 heavy (non-hydrogen) atoms. The minimum Gasteiger partial charge on any atom is -0.384 e. The van der Waals surface area contributed by atoms with Gasteiger partial charge in [0, 0.05) is 36.7 Å². The van der Waals surface area contributed by atoms with E-state index >= 15 is 0 Å². The molecule has 1 aromatic heterocycles. The fourth-order valence-electron chi connectivity index (χ4n) is 2.41. The molecule has 3 rings (SSSR count). The van der Waals surface area contributed by atoms with Crippen LogP contribution in [0.1, 0.15) is 27.0 Å². The van der Waals surface area contributed by atoms with Crippen LogP contribution in [0.3, 0.4) is 0 Å². The molecular formula is C16H17N3O. The highest BCUT2D eigenvalue weighted by atomic mass is 16.1. The van der Waals surface area contributed by atoms with E-state index in [4.69, 9.17) is 0 Å². The monoisotopic (exact) mass is 267 g/mol. The van der Waals surface area contributed by atoms with Crippen LogP contribution in [0.15, 0.2) is 36.7 Å². The molecule has 0 spiro atoms. The third kappa shape index (κ3) is 2.50. The van der Waals surface area contributed by atoms with Crippen molar-refractivity contribution in [1.82, 2.24) is 10.3 Å². The van der Waals surface area contributed by atoms with Crippen LogP contribution in [0.4, 0.5) is 5.69 Å². The van der Waals surface area contributed by atoms with Gasteiger partial charge in [-0.2, -0.15) is 0 Å². The Morgan fingerprint density at radius 1 is 1.40 bits per heavy atom. The van der Waals surface area contributed by atoms with Crippen molar-refractivity contribution in [2.24, 2.45) is 0 Å². The predicted molar refractivity (Wildman–Crippen MR) is 78.8 cm³/mol. The standard InChI is InChI=1S/C16H17N3O/c1-11-4-6-17-9-14(11)10-19-16(20)13-2-3-15-12(8-13)5-7-18-15/h2-4,6,8-9,18H,5,7,10H2,1H3,(H,19,20). The third-order valence-electron chi connectivity index (χ3n) is 3.66. The van der Waals surface area contributed by atoms with Gasteiger partial charge in [-0.15, -0.1) is 0 Å². The van der Waals surface area contributed by atoms with Gasteiger partial charge in [0.25, 0.3) is 5.91 Å². The summed E-state index contributed by atoms with van der Waals surface area (Å²) in [6.45, 7) is 3.48. The van der Waals surface area contributed by atoms with E-state index in [0.717, 1.165) is 29.8 Å². The Balaban J connectivity index is 1.69. The Hall–Kier alpha value is -2.36. The van der Waals surface area contributed by atoms with Crippen LogP contribution in [0.5, 0.6) is 0 Å². The van der Waals surface area contributed by atoms with Gasteiger partial charge in [0.1, 0.15) is 0 Å². The lowest BCUT2D eigenvalue weighted by molar-refractivity contribution is 0.0951. The van der Waals surface area contributed by atoms with Crippen molar-refractivity contribution in [3.63, 3.8) is 0 Å². The van der Waals surface area contributed by atoms with Gasteiger partial charge >= 0.3 is 0 Å². The lowest BCUT2D eigenvalue weighted by Crippen LogP contribution is -2.23. The quantitative estimate of drug-likeness (QED) is 0.897. The molecule has 1 aromatic carbocycles. The number of pyridine rings is 1. The summed E-state index contributed by atoms with van der Waals surface area (Å²) in [6.07, 6.45) is 4.54. The first-order valence-electron chi connectivity index (χ1n) is 6.78. The molecule has 4 nitrogen and oxygen atoms in total. The zero-order valence-corrected chi connectivity index (χ0v) is 11.4. The fraction of sp³-hybridized carbons (Fsp3) is 0.250. The molecule has 2 N–H and O–H groups in total. The largest absolute Gasteiger partial charge is 0.384 e. The van der Waals surface area contributed by atoms with Crippen molar-refractivity contribution < 1.29 is 4.79 Å². The van der Waals surface area contributed by atoms with Crippen molar-refractivity contribution in [2.45, 2.75) is 19.9 Å². The highest BCUT2D eigenvalue weighted by Gasteiger charge is 2.13. The van der Waals surface area contributed by atoms with E-state index in [9.17, 15) is 4.79 Å². The van der Waals surface area contributed by atoms with Gasteiger partial charge in [-0.3, -0.25) is 9.78 Å². The predicted octanol–water partition coefficient (Wildman–Crippen LogP) is 2.29. The van der Waals surface area contributed by atoms with E-state index in [1.807, 2.05) is 31.2 Å².